The van der Waals surface area contributed by atoms with Crippen LogP contribution in [-0.4, -0.2) is 41.9 Å². The molecular weight excluding hydrogens is 254 g/mol. The zero-order valence-electron chi connectivity index (χ0n) is 13.6. The van der Waals surface area contributed by atoms with Crippen molar-refractivity contribution in [3.8, 4) is 0 Å². The van der Waals surface area contributed by atoms with E-state index in [2.05, 4.69) is 13.8 Å². The molecule has 1 aliphatic heterocycles. The third kappa shape index (κ3) is 3.46. The lowest BCUT2D eigenvalue weighted by atomic mass is 9.62. The third-order valence-electron chi connectivity index (χ3n) is 4.32. The smallest absolute Gasteiger partial charge is 0.410 e. The largest absolute Gasteiger partial charge is 0.444 e. The van der Waals surface area contributed by atoms with Gasteiger partial charge in [0.15, 0.2) is 0 Å². The van der Waals surface area contributed by atoms with Gasteiger partial charge in [-0.15, -0.1) is 0 Å². The molecule has 1 aliphatic carbocycles. The first-order chi connectivity index (χ1) is 9.27. The minimum Gasteiger partial charge on any atom is -0.444 e. The van der Waals surface area contributed by atoms with Gasteiger partial charge in [-0.05, 0) is 46.5 Å². The Hall–Kier alpha value is -0.770. The number of carbonyl (C=O) groups is 1. The molecule has 4 nitrogen and oxygen atoms in total. The normalized spacial score (nSPS) is 21.8. The summed E-state index contributed by atoms with van der Waals surface area (Å²) in [7, 11) is 0. The molecule has 0 unspecified atom stereocenters. The van der Waals surface area contributed by atoms with Crippen LogP contribution in [-0.2, 0) is 9.47 Å². The predicted octanol–water partition coefficient (Wildman–Crippen LogP) is 3.59. The maximum atomic E-state index is 11.9. The van der Waals surface area contributed by atoms with E-state index in [1.54, 1.807) is 0 Å². The number of nitrogens with zero attached hydrogens (tertiary/aromatic N) is 1. The lowest BCUT2D eigenvalue weighted by Crippen LogP contribution is -2.66. The van der Waals surface area contributed by atoms with Crippen LogP contribution in [0, 0.1) is 5.41 Å². The molecule has 116 valence electrons. The van der Waals surface area contributed by atoms with Crippen molar-refractivity contribution in [1.29, 1.82) is 0 Å². The van der Waals surface area contributed by atoms with E-state index in [9.17, 15) is 4.79 Å². The van der Waals surface area contributed by atoms with Crippen LogP contribution in [0.2, 0.25) is 0 Å². The van der Waals surface area contributed by atoms with Gasteiger partial charge in [0.2, 0.25) is 0 Å². The molecule has 1 saturated carbocycles. The average molecular weight is 283 g/mol. The zero-order chi connectivity index (χ0) is 15.0. The molecule has 1 amide bonds. The Balaban J connectivity index is 1.69. The summed E-state index contributed by atoms with van der Waals surface area (Å²) >= 11 is 0. The van der Waals surface area contributed by atoms with Gasteiger partial charge in [-0.2, -0.15) is 0 Å². The second kappa shape index (κ2) is 5.55. The number of hydrogen-bond donors (Lipinski definition) is 0. The van der Waals surface area contributed by atoms with E-state index < -0.39 is 5.60 Å². The van der Waals surface area contributed by atoms with Crippen molar-refractivity contribution >= 4 is 6.09 Å². The van der Waals surface area contributed by atoms with Crippen molar-refractivity contribution in [2.75, 3.05) is 13.1 Å². The number of rotatable bonds is 4. The third-order valence-corrected chi connectivity index (χ3v) is 4.32. The minimum atomic E-state index is -0.402. The Morgan fingerprint density at radius 2 is 1.80 bits per heavy atom. The molecule has 0 N–H and O–H groups in total. The summed E-state index contributed by atoms with van der Waals surface area (Å²) in [5, 5.41) is 0. The van der Waals surface area contributed by atoms with E-state index in [1.165, 1.54) is 0 Å². The topological polar surface area (TPSA) is 38.8 Å². The lowest BCUT2D eigenvalue weighted by molar-refractivity contribution is -0.165. The van der Waals surface area contributed by atoms with E-state index in [4.69, 9.17) is 9.47 Å². The summed E-state index contributed by atoms with van der Waals surface area (Å²) in [6.07, 6.45) is 5.01. The Morgan fingerprint density at radius 1 is 1.25 bits per heavy atom. The van der Waals surface area contributed by atoms with Crippen LogP contribution in [0.25, 0.3) is 0 Å². The van der Waals surface area contributed by atoms with Gasteiger partial charge in [0.25, 0.3) is 0 Å². The first kappa shape index (κ1) is 15.6. The fourth-order valence-corrected chi connectivity index (χ4v) is 3.23. The molecular formula is C16H29NO3. The average Bonchev–Trinajstić information content (AvgIpc) is 2.22. The van der Waals surface area contributed by atoms with Gasteiger partial charge in [-0.3, -0.25) is 0 Å². The van der Waals surface area contributed by atoms with E-state index >= 15 is 0 Å². The summed E-state index contributed by atoms with van der Waals surface area (Å²) in [6.45, 7) is 11.7. The second-order valence-corrected chi connectivity index (χ2v) is 7.44. The minimum absolute atomic E-state index is 0.174. The second-order valence-electron chi connectivity index (χ2n) is 7.44. The molecule has 0 aromatic carbocycles. The quantitative estimate of drug-likeness (QED) is 0.791. The van der Waals surface area contributed by atoms with Gasteiger partial charge in [0.1, 0.15) is 5.60 Å². The first-order valence-electron chi connectivity index (χ1n) is 7.90. The molecule has 0 aromatic rings. The first-order valence-corrected chi connectivity index (χ1v) is 7.90. The van der Waals surface area contributed by atoms with Gasteiger partial charge in [0.05, 0.1) is 12.2 Å². The number of ether oxygens (including phenoxy) is 2. The maximum absolute atomic E-state index is 11.9. The molecule has 1 saturated heterocycles. The SMILES string of the molecule is CCC(CC)OC1CC2(C1)CN(C(=O)OC(C)(C)C)C2. The van der Waals surface area contributed by atoms with Crippen molar-refractivity contribution in [2.45, 2.75) is 78.1 Å². The molecule has 2 fully saturated rings. The van der Waals surface area contributed by atoms with E-state index in [1.807, 2.05) is 25.7 Å². The van der Waals surface area contributed by atoms with Gasteiger partial charge in [0, 0.05) is 18.5 Å². The highest BCUT2D eigenvalue weighted by Gasteiger charge is 2.55. The van der Waals surface area contributed by atoms with Crippen molar-refractivity contribution in [1.82, 2.24) is 4.90 Å². The molecule has 4 heteroatoms. The van der Waals surface area contributed by atoms with Crippen molar-refractivity contribution in [3.05, 3.63) is 0 Å². The maximum Gasteiger partial charge on any atom is 0.410 e. The Morgan fingerprint density at radius 3 is 2.25 bits per heavy atom. The van der Waals surface area contributed by atoms with Crippen molar-refractivity contribution in [2.24, 2.45) is 5.41 Å². The lowest BCUT2D eigenvalue weighted by Gasteiger charge is -2.58. The van der Waals surface area contributed by atoms with Crippen LogP contribution in [0.5, 0.6) is 0 Å². The van der Waals surface area contributed by atoms with Gasteiger partial charge < -0.3 is 14.4 Å². The van der Waals surface area contributed by atoms with Crippen molar-refractivity contribution < 1.29 is 14.3 Å². The van der Waals surface area contributed by atoms with Crippen LogP contribution >= 0.6 is 0 Å². The molecule has 0 atom stereocenters. The zero-order valence-corrected chi connectivity index (χ0v) is 13.6. The van der Waals surface area contributed by atoms with E-state index in [-0.39, 0.29) is 6.09 Å². The van der Waals surface area contributed by atoms with Crippen LogP contribution < -0.4 is 0 Å². The summed E-state index contributed by atoms with van der Waals surface area (Å²) in [6, 6.07) is 0. The van der Waals surface area contributed by atoms with Crippen LogP contribution in [0.15, 0.2) is 0 Å². The van der Waals surface area contributed by atoms with E-state index in [0.29, 0.717) is 17.6 Å². The van der Waals surface area contributed by atoms with Crippen molar-refractivity contribution in [3.63, 3.8) is 0 Å². The van der Waals surface area contributed by atoms with E-state index in [0.717, 1.165) is 38.8 Å². The molecule has 2 aliphatic rings. The number of likely N-dealkylation sites (tertiary alicyclic amines) is 1. The Labute approximate surface area is 122 Å². The molecule has 1 heterocycles. The Bertz CT molecular complexity index is 343. The predicted molar refractivity (Wildman–Crippen MR) is 78.7 cm³/mol. The summed E-state index contributed by atoms with van der Waals surface area (Å²) < 4.78 is 11.4. The highest BCUT2D eigenvalue weighted by Crippen LogP contribution is 2.50. The fraction of sp³-hybridized carbons (Fsp3) is 0.938. The Kier molecular flexibility index (Phi) is 4.33. The summed E-state index contributed by atoms with van der Waals surface area (Å²) in [4.78, 5) is 13.7. The fourth-order valence-electron chi connectivity index (χ4n) is 3.23. The molecule has 0 bridgehead atoms. The van der Waals surface area contributed by atoms with Gasteiger partial charge in [-0.1, -0.05) is 13.8 Å². The number of amides is 1. The standard InChI is InChI=1S/C16H29NO3/c1-6-12(7-2)19-13-8-16(9-13)10-17(11-16)14(18)20-15(3,4)5/h12-13H,6-11H2,1-5H3. The monoisotopic (exact) mass is 283 g/mol. The van der Waals surface area contributed by atoms with Crippen LogP contribution in [0.3, 0.4) is 0 Å². The summed E-state index contributed by atoms with van der Waals surface area (Å²) in [5.41, 5.74) is -0.0752. The molecule has 0 aromatic heterocycles. The highest BCUT2D eigenvalue weighted by atomic mass is 16.6. The molecule has 1 spiro atoms. The van der Waals surface area contributed by atoms with Crippen LogP contribution in [0.1, 0.15) is 60.3 Å². The molecule has 0 radical (unpaired) electrons. The summed E-state index contributed by atoms with van der Waals surface area (Å²) in [5.74, 6) is 0. The highest BCUT2D eigenvalue weighted by molar-refractivity contribution is 5.69. The molecule has 20 heavy (non-hydrogen) atoms. The van der Waals surface area contributed by atoms with Crippen LogP contribution in [0.4, 0.5) is 4.79 Å². The number of hydrogen-bond acceptors (Lipinski definition) is 3. The van der Waals surface area contributed by atoms with Gasteiger partial charge >= 0.3 is 6.09 Å². The number of carbonyl (C=O) groups excluding carboxylic acids is 1. The molecule has 2 rings (SSSR count). The van der Waals surface area contributed by atoms with Gasteiger partial charge in [-0.25, -0.2) is 4.79 Å².